The highest BCUT2D eigenvalue weighted by Gasteiger charge is 2.16. The first-order chi connectivity index (χ1) is 15.4. The molecule has 32 heavy (non-hydrogen) atoms. The summed E-state index contributed by atoms with van der Waals surface area (Å²) in [5.41, 5.74) is 0.954. The second kappa shape index (κ2) is 8.74. The third-order valence-electron chi connectivity index (χ3n) is 4.55. The van der Waals surface area contributed by atoms with Crippen molar-refractivity contribution in [2.75, 3.05) is 7.11 Å². The van der Waals surface area contributed by atoms with Crippen molar-refractivity contribution in [1.82, 2.24) is 4.98 Å². The van der Waals surface area contributed by atoms with Gasteiger partial charge in [-0.15, -0.1) is 11.3 Å². The van der Waals surface area contributed by atoms with Crippen molar-refractivity contribution in [2.24, 2.45) is 0 Å². The largest absolute Gasteiger partial charge is 0.496 e. The molecule has 0 radical (unpaired) electrons. The maximum absolute atomic E-state index is 12.5. The molecule has 0 atom stereocenters. The van der Waals surface area contributed by atoms with Crippen LogP contribution in [-0.2, 0) is 0 Å². The summed E-state index contributed by atoms with van der Waals surface area (Å²) in [4.78, 5) is 27.5. The third-order valence-corrected chi connectivity index (χ3v) is 5.92. The summed E-state index contributed by atoms with van der Waals surface area (Å²) in [6, 6.07) is 13.1. The Morgan fingerprint density at radius 3 is 2.84 bits per heavy atom. The van der Waals surface area contributed by atoms with Crippen molar-refractivity contribution >= 4 is 55.6 Å². The Morgan fingerprint density at radius 2 is 2.12 bits per heavy atom. The van der Waals surface area contributed by atoms with E-state index in [4.69, 9.17) is 9.15 Å². The maximum Gasteiger partial charge on any atom is 0.345 e. The van der Waals surface area contributed by atoms with Crippen LogP contribution < -0.4 is 10.4 Å². The van der Waals surface area contributed by atoms with Crippen LogP contribution in [0.4, 0.5) is 5.69 Å². The molecule has 0 aliphatic carbocycles. The number of allylic oxidation sites excluding steroid dienone is 1. The van der Waals surface area contributed by atoms with Crippen LogP contribution in [0.2, 0.25) is 0 Å². The predicted molar refractivity (Wildman–Crippen MR) is 124 cm³/mol. The van der Waals surface area contributed by atoms with Gasteiger partial charge in [-0.05, 0) is 36.4 Å². The highest BCUT2D eigenvalue weighted by molar-refractivity contribution is 9.10. The van der Waals surface area contributed by atoms with Crippen molar-refractivity contribution in [3.05, 3.63) is 83.4 Å². The van der Waals surface area contributed by atoms with Crippen molar-refractivity contribution in [2.45, 2.75) is 0 Å². The molecule has 0 aliphatic heterocycles. The van der Waals surface area contributed by atoms with E-state index in [-0.39, 0.29) is 16.8 Å². The lowest BCUT2D eigenvalue weighted by molar-refractivity contribution is -0.384. The average molecular weight is 510 g/mol. The molecule has 0 unspecified atom stereocenters. The Kier molecular flexibility index (Phi) is 5.85. The monoisotopic (exact) mass is 509 g/mol. The number of thiazole rings is 1. The Labute approximate surface area is 193 Å². The highest BCUT2D eigenvalue weighted by atomic mass is 79.9. The fourth-order valence-electron chi connectivity index (χ4n) is 3.04. The molecule has 0 bridgehead atoms. The quantitative estimate of drug-likeness (QED) is 0.147. The normalized spacial score (nSPS) is 11.3. The Hall–Kier alpha value is -3.81. The molecule has 2 heterocycles. The molecule has 0 saturated heterocycles. The fraction of sp³-hybridized carbons (Fsp3) is 0.0455. The SMILES string of the molecule is COc1ccc([N+](=O)[O-])cc1/C=C(\C#N)c1nc(-c2cc3cc(Br)ccc3oc2=O)cs1. The number of benzene rings is 2. The van der Waals surface area contributed by atoms with E-state index in [9.17, 15) is 20.2 Å². The van der Waals surface area contributed by atoms with Crippen molar-refractivity contribution in [3.8, 4) is 23.1 Å². The summed E-state index contributed by atoms with van der Waals surface area (Å²) in [6.07, 6.45) is 1.47. The zero-order chi connectivity index (χ0) is 22.8. The maximum atomic E-state index is 12.5. The van der Waals surface area contributed by atoms with Crippen LogP contribution >= 0.6 is 27.3 Å². The summed E-state index contributed by atoms with van der Waals surface area (Å²) in [5.74, 6) is 0.376. The van der Waals surface area contributed by atoms with Gasteiger partial charge in [-0.2, -0.15) is 5.26 Å². The number of hydrogen-bond acceptors (Lipinski definition) is 8. The summed E-state index contributed by atoms with van der Waals surface area (Å²) >= 11 is 4.56. The van der Waals surface area contributed by atoms with Gasteiger partial charge in [0.05, 0.1) is 28.9 Å². The van der Waals surface area contributed by atoms with Crippen LogP contribution in [0.25, 0.3) is 33.9 Å². The second-order valence-electron chi connectivity index (χ2n) is 6.52. The van der Waals surface area contributed by atoms with Gasteiger partial charge >= 0.3 is 5.63 Å². The van der Waals surface area contributed by atoms with Crippen molar-refractivity contribution in [3.63, 3.8) is 0 Å². The van der Waals surface area contributed by atoms with Crippen molar-refractivity contribution < 1.29 is 14.1 Å². The number of fused-ring (bicyclic) bond motifs is 1. The molecule has 2 aromatic heterocycles. The minimum Gasteiger partial charge on any atom is -0.496 e. The molecule has 4 aromatic rings. The molecular formula is C22H12BrN3O5S. The van der Waals surface area contributed by atoms with Crippen LogP contribution in [0.5, 0.6) is 5.75 Å². The molecule has 10 heteroatoms. The van der Waals surface area contributed by atoms with Gasteiger partial charge in [0.15, 0.2) is 0 Å². The van der Waals surface area contributed by atoms with E-state index < -0.39 is 10.5 Å². The highest BCUT2D eigenvalue weighted by Crippen LogP contribution is 2.31. The smallest absolute Gasteiger partial charge is 0.345 e. The van der Waals surface area contributed by atoms with E-state index in [2.05, 4.69) is 27.0 Å². The number of nitro groups is 1. The van der Waals surface area contributed by atoms with Gasteiger partial charge in [0, 0.05) is 32.9 Å². The molecule has 0 aliphatic rings. The van der Waals surface area contributed by atoms with E-state index in [1.165, 1.54) is 42.7 Å². The van der Waals surface area contributed by atoms with Gasteiger partial charge in [0.25, 0.3) is 5.69 Å². The zero-order valence-electron chi connectivity index (χ0n) is 16.4. The average Bonchev–Trinajstić information content (AvgIpc) is 3.26. The lowest BCUT2D eigenvalue weighted by Gasteiger charge is -2.05. The van der Waals surface area contributed by atoms with E-state index >= 15 is 0 Å². The van der Waals surface area contributed by atoms with E-state index in [1.54, 1.807) is 23.6 Å². The number of halogens is 1. The molecule has 2 aromatic carbocycles. The number of aromatic nitrogens is 1. The predicted octanol–water partition coefficient (Wildman–Crippen LogP) is 5.66. The number of non-ortho nitro benzene ring substituents is 1. The standard InChI is InChI=1S/C22H12BrN3O5S/c1-30-19-5-3-16(26(28)29)8-12(19)6-14(10-24)21-25-18(11-32-21)17-9-13-7-15(23)2-4-20(13)31-22(17)27/h2-9,11H,1H3/b14-6+. The van der Waals surface area contributed by atoms with Crippen molar-refractivity contribution in [1.29, 1.82) is 5.26 Å². The van der Waals surface area contributed by atoms with E-state index in [1.807, 2.05) is 6.07 Å². The summed E-state index contributed by atoms with van der Waals surface area (Å²) in [7, 11) is 1.43. The first kappa shape index (κ1) is 21.4. The second-order valence-corrected chi connectivity index (χ2v) is 8.29. The van der Waals surface area contributed by atoms with Gasteiger partial charge in [-0.3, -0.25) is 10.1 Å². The van der Waals surface area contributed by atoms with Gasteiger partial charge in [-0.25, -0.2) is 9.78 Å². The summed E-state index contributed by atoms with van der Waals surface area (Å²) in [6.45, 7) is 0. The van der Waals surface area contributed by atoms with E-state index in [0.717, 1.165) is 9.86 Å². The number of rotatable bonds is 5. The summed E-state index contributed by atoms with van der Waals surface area (Å²) in [5, 5.41) is 23.5. The fourth-order valence-corrected chi connectivity index (χ4v) is 4.20. The van der Waals surface area contributed by atoms with Crippen LogP contribution in [0.3, 0.4) is 0 Å². The molecule has 4 rings (SSSR count). The molecule has 0 saturated carbocycles. The van der Waals surface area contributed by atoms with Gasteiger partial charge in [0.2, 0.25) is 0 Å². The number of nitrogens with zero attached hydrogens (tertiary/aromatic N) is 3. The third kappa shape index (κ3) is 4.16. The Morgan fingerprint density at radius 1 is 1.31 bits per heavy atom. The molecule has 0 spiro atoms. The van der Waals surface area contributed by atoms with Crippen LogP contribution in [0.1, 0.15) is 10.6 Å². The number of ether oxygens (including phenoxy) is 1. The Balaban J connectivity index is 1.78. The first-order valence-electron chi connectivity index (χ1n) is 9.03. The van der Waals surface area contributed by atoms with E-state index in [0.29, 0.717) is 27.6 Å². The molecule has 0 amide bonds. The number of hydrogen-bond donors (Lipinski definition) is 0. The minimum atomic E-state index is -0.542. The lowest BCUT2D eigenvalue weighted by atomic mass is 10.1. The van der Waals surface area contributed by atoms with Gasteiger partial charge in [0.1, 0.15) is 22.4 Å². The van der Waals surface area contributed by atoms with Crippen LogP contribution in [0, 0.1) is 21.4 Å². The summed E-state index contributed by atoms with van der Waals surface area (Å²) < 4.78 is 11.5. The number of nitriles is 1. The zero-order valence-corrected chi connectivity index (χ0v) is 18.8. The van der Waals surface area contributed by atoms with Crippen LogP contribution in [-0.4, -0.2) is 17.0 Å². The lowest BCUT2D eigenvalue weighted by Crippen LogP contribution is -2.03. The van der Waals surface area contributed by atoms with Crippen LogP contribution in [0.15, 0.2) is 61.5 Å². The van der Waals surface area contributed by atoms with Gasteiger partial charge in [-0.1, -0.05) is 15.9 Å². The minimum absolute atomic E-state index is 0.130. The number of nitro benzene ring substituents is 1. The molecule has 0 fully saturated rings. The molecule has 158 valence electrons. The first-order valence-corrected chi connectivity index (χ1v) is 10.7. The number of methoxy groups -OCH3 is 1. The molecule has 8 nitrogen and oxygen atoms in total. The molecule has 0 N–H and O–H groups in total. The molecular weight excluding hydrogens is 498 g/mol. The Bertz CT molecular complexity index is 1500. The van der Waals surface area contributed by atoms with Gasteiger partial charge < -0.3 is 9.15 Å². The topological polar surface area (TPSA) is 119 Å².